The van der Waals surface area contributed by atoms with E-state index in [1.54, 1.807) is 6.20 Å². The fraction of sp³-hybridized carbons (Fsp3) is 0.538. The highest BCUT2D eigenvalue weighted by molar-refractivity contribution is 6.28. The number of epoxide rings is 1. The van der Waals surface area contributed by atoms with Crippen molar-refractivity contribution in [3.05, 3.63) is 23.2 Å². The first-order valence-electron chi connectivity index (χ1n) is 6.54. The van der Waals surface area contributed by atoms with Gasteiger partial charge in [-0.2, -0.15) is 4.98 Å². The van der Waals surface area contributed by atoms with E-state index in [-0.39, 0.29) is 5.72 Å². The molecular weight excluding hydrogens is 264 g/mol. The normalized spacial score (nSPS) is 29.2. The van der Waals surface area contributed by atoms with E-state index in [1.807, 2.05) is 0 Å². The van der Waals surface area contributed by atoms with Crippen LogP contribution in [-0.2, 0) is 10.5 Å². The van der Waals surface area contributed by atoms with Gasteiger partial charge < -0.3 is 9.30 Å². The standard InChI is InChI=1S/C13H15ClN4O/c1-7(2)9-5-16-13(6-19-13)10-3-8-4-15-12(14)17-11(8)18(9)10/h3-4,7,9,16H,5-6H2,1-2H3. The van der Waals surface area contributed by atoms with Crippen LogP contribution in [0.15, 0.2) is 12.3 Å². The van der Waals surface area contributed by atoms with Gasteiger partial charge in [-0.25, -0.2) is 4.98 Å². The van der Waals surface area contributed by atoms with Crippen molar-refractivity contribution in [1.29, 1.82) is 0 Å². The summed E-state index contributed by atoms with van der Waals surface area (Å²) in [6, 6.07) is 2.47. The van der Waals surface area contributed by atoms with Crippen molar-refractivity contribution in [2.75, 3.05) is 13.2 Å². The number of rotatable bonds is 1. The molecule has 100 valence electrons. The smallest absolute Gasteiger partial charge is 0.224 e. The fourth-order valence-electron chi connectivity index (χ4n) is 2.94. The van der Waals surface area contributed by atoms with Gasteiger partial charge in [0, 0.05) is 18.1 Å². The molecule has 0 radical (unpaired) electrons. The van der Waals surface area contributed by atoms with Gasteiger partial charge in [-0.1, -0.05) is 13.8 Å². The number of halogens is 1. The maximum absolute atomic E-state index is 5.95. The molecule has 1 fully saturated rings. The van der Waals surface area contributed by atoms with Crippen LogP contribution in [0.2, 0.25) is 5.28 Å². The van der Waals surface area contributed by atoms with Crippen LogP contribution >= 0.6 is 11.6 Å². The molecule has 2 aromatic rings. The SMILES string of the molecule is CC(C)C1CNC2(CO2)c2cc3cnc(Cl)nc3n21. The van der Waals surface area contributed by atoms with Crippen LogP contribution in [0, 0.1) is 5.92 Å². The summed E-state index contributed by atoms with van der Waals surface area (Å²) in [5, 5.41) is 4.82. The quantitative estimate of drug-likeness (QED) is 0.641. The maximum Gasteiger partial charge on any atom is 0.224 e. The Bertz CT molecular complexity index is 662. The van der Waals surface area contributed by atoms with Crippen molar-refractivity contribution in [3.8, 4) is 0 Å². The van der Waals surface area contributed by atoms with Gasteiger partial charge in [0.15, 0.2) is 5.72 Å². The average molecular weight is 279 g/mol. The van der Waals surface area contributed by atoms with Gasteiger partial charge in [-0.15, -0.1) is 0 Å². The third-order valence-corrected chi connectivity index (χ3v) is 4.27. The predicted molar refractivity (Wildman–Crippen MR) is 72.0 cm³/mol. The molecule has 0 amide bonds. The molecule has 2 aliphatic heterocycles. The van der Waals surface area contributed by atoms with E-state index in [2.05, 4.69) is 39.8 Å². The van der Waals surface area contributed by atoms with Crippen LogP contribution in [0.25, 0.3) is 11.0 Å². The van der Waals surface area contributed by atoms with Crippen molar-refractivity contribution in [1.82, 2.24) is 19.9 Å². The van der Waals surface area contributed by atoms with E-state index in [1.165, 1.54) is 0 Å². The summed E-state index contributed by atoms with van der Waals surface area (Å²) in [7, 11) is 0. The molecule has 0 aliphatic carbocycles. The average Bonchev–Trinajstić information content (AvgIpc) is 3.04. The van der Waals surface area contributed by atoms with Gasteiger partial charge in [0.1, 0.15) is 5.65 Å². The molecule has 19 heavy (non-hydrogen) atoms. The number of ether oxygens (including phenoxy) is 1. The molecular formula is C13H15ClN4O. The summed E-state index contributed by atoms with van der Waals surface area (Å²) in [6.45, 7) is 6.04. The third-order valence-electron chi connectivity index (χ3n) is 4.09. The topological polar surface area (TPSA) is 55.3 Å². The lowest BCUT2D eigenvalue weighted by molar-refractivity contribution is 0.186. The zero-order valence-electron chi connectivity index (χ0n) is 10.9. The van der Waals surface area contributed by atoms with Gasteiger partial charge in [-0.05, 0) is 23.6 Å². The Morgan fingerprint density at radius 1 is 1.58 bits per heavy atom. The van der Waals surface area contributed by atoms with Crippen LogP contribution in [0.4, 0.5) is 0 Å². The summed E-state index contributed by atoms with van der Waals surface area (Å²) in [6.07, 6.45) is 1.78. The molecule has 1 spiro atoms. The highest BCUT2D eigenvalue weighted by Gasteiger charge is 2.52. The van der Waals surface area contributed by atoms with Gasteiger partial charge in [0.2, 0.25) is 5.28 Å². The molecule has 2 atom stereocenters. The summed E-state index contributed by atoms with van der Waals surface area (Å²) >= 11 is 5.95. The van der Waals surface area contributed by atoms with E-state index >= 15 is 0 Å². The highest BCUT2D eigenvalue weighted by Crippen LogP contribution is 2.44. The van der Waals surface area contributed by atoms with Gasteiger partial charge in [0.25, 0.3) is 0 Å². The van der Waals surface area contributed by atoms with Crippen molar-refractivity contribution >= 4 is 22.6 Å². The third kappa shape index (κ3) is 1.55. The monoisotopic (exact) mass is 278 g/mol. The largest absolute Gasteiger partial charge is 0.347 e. The number of fused-ring (bicyclic) bond motifs is 4. The Kier molecular flexibility index (Phi) is 2.26. The van der Waals surface area contributed by atoms with Crippen LogP contribution in [-0.4, -0.2) is 27.7 Å². The number of hydrogen-bond donors (Lipinski definition) is 1. The lowest BCUT2D eigenvalue weighted by Crippen LogP contribution is -2.44. The first kappa shape index (κ1) is 11.6. The van der Waals surface area contributed by atoms with E-state index in [0.29, 0.717) is 17.2 Å². The van der Waals surface area contributed by atoms with Gasteiger partial charge >= 0.3 is 0 Å². The molecule has 0 aromatic carbocycles. The zero-order valence-corrected chi connectivity index (χ0v) is 11.6. The first-order chi connectivity index (χ1) is 9.11. The molecule has 1 N–H and O–H groups in total. The second-order valence-electron chi connectivity index (χ2n) is 5.63. The molecule has 2 aliphatic rings. The van der Waals surface area contributed by atoms with Crippen LogP contribution in [0.5, 0.6) is 0 Å². The molecule has 0 saturated carbocycles. The molecule has 0 bridgehead atoms. The van der Waals surface area contributed by atoms with Crippen molar-refractivity contribution in [3.63, 3.8) is 0 Å². The Balaban J connectivity index is 2.01. The second-order valence-corrected chi connectivity index (χ2v) is 5.96. The molecule has 6 heteroatoms. The first-order valence-corrected chi connectivity index (χ1v) is 6.91. The molecule has 2 aromatic heterocycles. The maximum atomic E-state index is 5.95. The summed E-state index contributed by atoms with van der Waals surface area (Å²) in [5.74, 6) is 0.506. The van der Waals surface area contributed by atoms with E-state index < -0.39 is 0 Å². The summed E-state index contributed by atoms with van der Waals surface area (Å²) in [4.78, 5) is 8.48. The molecule has 1 saturated heterocycles. The Morgan fingerprint density at radius 2 is 2.37 bits per heavy atom. The van der Waals surface area contributed by atoms with Gasteiger partial charge in [0.05, 0.1) is 18.3 Å². The van der Waals surface area contributed by atoms with E-state index in [0.717, 1.165) is 29.9 Å². The highest BCUT2D eigenvalue weighted by atomic mass is 35.5. The van der Waals surface area contributed by atoms with E-state index in [9.17, 15) is 0 Å². The molecule has 4 heterocycles. The Hall–Kier alpha value is -1.17. The molecule has 4 rings (SSSR count). The van der Waals surface area contributed by atoms with Crippen LogP contribution < -0.4 is 5.32 Å². The van der Waals surface area contributed by atoms with Crippen LogP contribution in [0.3, 0.4) is 0 Å². The second kappa shape index (κ2) is 3.69. The van der Waals surface area contributed by atoms with Crippen molar-refractivity contribution in [2.24, 2.45) is 5.92 Å². The lowest BCUT2D eigenvalue weighted by atomic mass is 10.00. The minimum Gasteiger partial charge on any atom is -0.347 e. The fourth-order valence-corrected chi connectivity index (χ4v) is 3.07. The lowest BCUT2D eigenvalue weighted by Gasteiger charge is -2.33. The Morgan fingerprint density at radius 3 is 3.05 bits per heavy atom. The number of nitrogens with zero attached hydrogens (tertiary/aromatic N) is 3. The summed E-state index contributed by atoms with van der Waals surface area (Å²) in [5.41, 5.74) is 1.74. The number of nitrogens with one attached hydrogen (secondary N) is 1. The molecule has 5 nitrogen and oxygen atoms in total. The number of hydrogen-bond acceptors (Lipinski definition) is 4. The Labute approximate surface area is 115 Å². The predicted octanol–water partition coefficient (Wildman–Crippen LogP) is 2.07. The van der Waals surface area contributed by atoms with Crippen molar-refractivity contribution < 1.29 is 4.74 Å². The zero-order chi connectivity index (χ0) is 13.2. The summed E-state index contributed by atoms with van der Waals surface area (Å²) < 4.78 is 7.91. The minimum atomic E-state index is -0.307. The minimum absolute atomic E-state index is 0.292. The van der Waals surface area contributed by atoms with Gasteiger partial charge in [-0.3, -0.25) is 5.32 Å². The molecule has 2 unspecified atom stereocenters. The van der Waals surface area contributed by atoms with Crippen LogP contribution in [0.1, 0.15) is 25.6 Å². The number of aromatic nitrogens is 3. The van der Waals surface area contributed by atoms with E-state index in [4.69, 9.17) is 16.3 Å². The van der Waals surface area contributed by atoms with Crippen molar-refractivity contribution in [2.45, 2.75) is 25.6 Å².